The third-order valence-electron chi connectivity index (χ3n) is 1.92. The van der Waals surface area contributed by atoms with Gasteiger partial charge in [0.05, 0.1) is 24.8 Å². The van der Waals surface area contributed by atoms with Crippen molar-refractivity contribution in [2.45, 2.75) is 18.6 Å². The Kier molecular flexibility index (Phi) is 2.55. The summed E-state index contributed by atoms with van der Waals surface area (Å²) in [5.74, 6) is -0.207. The normalized spacial score (nSPS) is 20.8. The first-order valence-electron chi connectivity index (χ1n) is 4.03. The average Bonchev–Trinajstić information content (AvgIpc) is 2.72. The Morgan fingerprint density at radius 3 is 2.85 bits per heavy atom. The fourth-order valence-electron chi connectivity index (χ4n) is 1.21. The maximum atomic E-state index is 5.65. The standard InChI is InChI=1S/C8H10ClNO2S/c1-8(11-2-3-12-8)7-10-6(4-9)5-13-7/h5H,2-4H2,1H3. The van der Waals surface area contributed by atoms with E-state index in [0.29, 0.717) is 19.1 Å². The molecular weight excluding hydrogens is 210 g/mol. The van der Waals surface area contributed by atoms with Crippen LogP contribution in [0.4, 0.5) is 0 Å². The summed E-state index contributed by atoms with van der Waals surface area (Å²) in [6.07, 6.45) is 0. The second kappa shape index (κ2) is 3.53. The van der Waals surface area contributed by atoms with Gasteiger partial charge in [0.15, 0.2) is 5.01 Å². The highest BCUT2D eigenvalue weighted by molar-refractivity contribution is 7.09. The minimum Gasteiger partial charge on any atom is -0.342 e. The summed E-state index contributed by atoms with van der Waals surface area (Å²) in [5.41, 5.74) is 0.877. The van der Waals surface area contributed by atoms with Crippen molar-refractivity contribution in [3.8, 4) is 0 Å². The van der Waals surface area contributed by atoms with Gasteiger partial charge in [-0.15, -0.1) is 22.9 Å². The topological polar surface area (TPSA) is 31.4 Å². The Bertz CT molecular complexity index is 296. The zero-order chi connectivity index (χ0) is 9.31. The van der Waals surface area contributed by atoms with E-state index >= 15 is 0 Å². The van der Waals surface area contributed by atoms with Gasteiger partial charge in [-0.1, -0.05) is 0 Å². The summed E-state index contributed by atoms with van der Waals surface area (Å²) in [5, 5.41) is 2.78. The molecule has 13 heavy (non-hydrogen) atoms. The molecule has 0 radical (unpaired) electrons. The van der Waals surface area contributed by atoms with E-state index in [2.05, 4.69) is 4.98 Å². The highest BCUT2D eigenvalue weighted by atomic mass is 35.5. The Hall–Kier alpha value is -0.160. The van der Waals surface area contributed by atoms with Gasteiger partial charge >= 0.3 is 0 Å². The lowest BCUT2D eigenvalue weighted by Gasteiger charge is -2.18. The van der Waals surface area contributed by atoms with Crippen LogP contribution in [0.2, 0.25) is 0 Å². The third kappa shape index (κ3) is 1.72. The smallest absolute Gasteiger partial charge is 0.219 e. The highest BCUT2D eigenvalue weighted by Gasteiger charge is 2.36. The maximum absolute atomic E-state index is 5.65. The van der Waals surface area contributed by atoms with Crippen LogP contribution in [0.15, 0.2) is 5.38 Å². The van der Waals surface area contributed by atoms with E-state index in [4.69, 9.17) is 21.1 Å². The van der Waals surface area contributed by atoms with Gasteiger partial charge in [-0.2, -0.15) is 0 Å². The van der Waals surface area contributed by atoms with E-state index in [1.54, 1.807) is 0 Å². The summed E-state index contributed by atoms with van der Waals surface area (Å²) in [4.78, 5) is 4.32. The number of rotatable bonds is 2. The molecular formula is C8H10ClNO2S. The van der Waals surface area contributed by atoms with Crippen LogP contribution in [0.5, 0.6) is 0 Å². The lowest BCUT2D eigenvalue weighted by molar-refractivity contribution is -0.149. The number of thiazole rings is 1. The molecule has 0 aromatic carbocycles. The SMILES string of the molecule is CC1(c2nc(CCl)cs2)OCCO1. The van der Waals surface area contributed by atoms with Crippen LogP contribution in [-0.4, -0.2) is 18.2 Å². The molecule has 0 amide bonds. The number of hydrogen-bond acceptors (Lipinski definition) is 4. The van der Waals surface area contributed by atoms with Crippen LogP contribution < -0.4 is 0 Å². The first-order chi connectivity index (χ1) is 6.24. The zero-order valence-electron chi connectivity index (χ0n) is 7.25. The molecule has 0 spiro atoms. The van der Waals surface area contributed by atoms with Crippen LogP contribution in [0.1, 0.15) is 17.6 Å². The van der Waals surface area contributed by atoms with E-state index in [1.165, 1.54) is 11.3 Å². The number of alkyl halides is 1. The number of nitrogens with zero attached hydrogens (tertiary/aromatic N) is 1. The molecule has 3 nitrogen and oxygen atoms in total. The average molecular weight is 220 g/mol. The molecule has 1 aromatic rings. The molecule has 72 valence electrons. The van der Waals surface area contributed by atoms with Crippen LogP contribution in [0.3, 0.4) is 0 Å². The van der Waals surface area contributed by atoms with Gasteiger partial charge in [-0.05, 0) is 6.92 Å². The Morgan fingerprint density at radius 1 is 1.62 bits per heavy atom. The van der Waals surface area contributed by atoms with E-state index in [1.807, 2.05) is 12.3 Å². The molecule has 2 heterocycles. The molecule has 0 bridgehead atoms. The van der Waals surface area contributed by atoms with Gasteiger partial charge in [0.1, 0.15) is 0 Å². The summed E-state index contributed by atoms with van der Waals surface area (Å²) >= 11 is 7.18. The zero-order valence-corrected chi connectivity index (χ0v) is 8.82. The van der Waals surface area contributed by atoms with Gasteiger partial charge in [0.2, 0.25) is 5.79 Å². The van der Waals surface area contributed by atoms with Crippen LogP contribution in [-0.2, 0) is 21.1 Å². The first-order valence-corrected chi connectivity index (χ1v) is 5.45. The largest absolute Gasteiger partial charge is 0.342 e. The molecule has 1 fully saturated rings. The fraction of sp³-hybridized carbons (Fsp3) is 0.625. The number of ether oxygens (including phenoxy) is 2. The summed E-state index contributed by atoms with van der Waals surface area (Å²) in [6.45, 7) is 3.15. The van der Waals surface area contributed by atoms with E-state index in [9.17, 15) is 0 Å². The Labute approximate surface area is 85.6 Å². The van der Waals surface area contributed by atoms with Crippen molar-refractivity contribution >= 4 is 22.9 Å². The van der Waals surface area contributed by atoms with Gasteiger partial charge in [-0.3, -0.25) is 0 Å². The lowest BCUT2D eigenvalue weighted by atomic mass is 10.3. The molecule has 1 saturated heterocycles. The van der Waals surface area contributed by atoms with Gasteiger partial charge in [0, 0.05) is 5.38 Å². The number of halogens is 1. The Morgan fingerprint density at radius 2 is 2.31 bits per heavy atom. The van der Waals surface area contributed by atoms with Crippen molar-refractivity contribution < 1.29 is 9.47 Å². The van der Waals surface area contributed by atoms with Crippen molar-refractivity contribution in [2.24, 2.45) is 0 Å². The number of aromatic nitrogens is 1. The molecule has 0 N–H and O–H groups in total. The summed E-state index contributed by atoms with van der Waals surface area (Å²) in [6, 6.07) is 0. The van der Waals surface area contributed by atoms with E-state index < -0.39 is 5.79 Å². The minimum absolute atomic E-state index is 0.437. The maximum Gasteiger partial charge on any atom is 0.219 e. The molecule has 0 saturated carbocycles. The predicted octanol–water partition coefficient (Wildman–Crippen LogP) is 2.10. The summed E-state index contributed by atoms with van der Waals surface area (Å²) in [7, 11) is 0. The van der Waals surface area contributed by atoms with Crippen LogP contribution in [0, 0.1) is 0 Å². The first kappa shape index (κ1) is 9.40. The van der Waals surface area contributed by atoms with E-state index in [0.717, 1.165) is 10.7 Å². The molecule has 1 aromatic heterocycles. The monoisotopic (exact) mass is 219 g/mol. The highest BCUT2D eigenvalue weighted by Crippen LogP contribution is 2.32. The summed E-state index contributed by atoms with van der Waals surface area (Å²) < 4.78 is 10.9. The molecule has 2 rings (SSSR count). The van der Waals surface area contributed by atoms with E-state index in [-0.39, 0.29) is 0 Å². The Balaban J connectivity index is 2.23. The van der Waals surface area contributed by atoms with Crippen molar-refractivity contribution in [3.05, 3.63) is 16.1 Å². The molecule has 5 heteroatoms. The van der Waals surface area contributed by atoms with Crippen molar-refractivity contribution in [1.29, 1.82) is 0 Å². The van der Waals surface area contributed by atoms with Crippen LogP contribution >= 0.6 is 22.9 Å². The lowest BCUT2D eigenvalue weighted by Crippen LogP contribution is -2.22. The third-order valence-corrected chi connectivity index (χ3v) is 3.26. The fourth-order valence-corrected chi connectivity index (χ4v) is 2.33. The second-order valence-corrected chi connectivity index (χ2v) is 4.05. The predicted molar refractivity (Wildman–Crippen MR) is 50.9 cm³/mol. The minimum atomic E-state index is -0.644. The quantitative estimate of drug-likeness (QED) is 0.714. The molecule has 0 atom stereocenters. The molecule has 0 unspecified atom stereocenters. The molecule has 1 aliphatic heterocycles. The van der Waals surface area contributed by atoms with Crippen molar-refractivity contribution in [3.63, 3.8) is 0 Å². The van der Waals surface area contributed by atoms with Crippen LogP contribution in [0.25, 0.3) is 0 Å². The second-order valence-electron chi connectivity index (χ2n) is 2.92. The molecule has 0 aliphatic carbocycles. The van der Waals surface area contributed by atoms with Crippen molar-refractivity contribution in [2.75, 3.05) is 13.2 Å². The van der Waals surface area contributed by atoms with Crippen molar-refractivity contribution in [1.82, 2.24) is 4.98 Å². The van der Waals surface area contributed by atoms with Gasteiger partial charge in [0.25, 0.3) is 0 Å². The van der Waals surface area contributed by atoms with Gasteiger partial charge in [-0.25, -0.2) is 4.98 Å². The van der Waals surface area contributed by atoms with Gasteiger partial charge < -0.3 is 9.47 Å². The molecule has 1 aliphatic rings. The number of hydrogen-bond donors (Lipinski definition) is 0.